The molecule has 126 valence electrons. The van der Waals surface area contributed by atoms with E-state index in [4.69, 9.17) is 0 Å². The maximum absolute atomic E-state index is 12.3. The maximum Gasteiger partial charge on any atom is 0.236 e. The summed E-state index contributed by atoms with van der Waals surface area (Å²) in [5.41, 5.74) is 2.18. The molecule has 2 N–H and O–H groups in total. The fourth-order valence-corrected chi connectivity index (χ4v) is 2.94. The van der Waals surface area contributed by atoms with Crippen molar-refractivity contribution < 1.29 is 9.90 Å². The zero-order chi connectivity index (χ0) is 16.8. The first kappa shape index (κ1) is 16.3. The number of phenols is 1. The highest BCUT2D eigenvalue weighted by atomic mass is 16.3. The Labute approximate surface area is 142 Å². The number of rotatable bonds is 5. The summed E-state index contributed by atoms with van der Waals surface area (Å²) in [6.07, 6.45) is 0. The van der Waals surface area contributed by atoms with Crippen LogP contribution < -0.4 is 10.2 Å². The van der Waals surface area contributed by atoms with Crippen molar-refractivity contribution in [2.45, 2.75) is 6.54 Å². The van der Waals surface area contributed by atoms with Gasteiger partial charge in [0.15, 0.2) is 0 Å². The molecule has 2 aromatic carbocycles. The normalized spacial score (nSPS) is 14.7. The summed E-state index contributed by atoms with van der Waals surface area (Å²) in [6, 6.07) is 17.4. The maximum atomic E-state index is 12.3. The average Bonchev–Trinajstić information content (AvgIpc) is 2.63. The summed E-state index contributed by atoms with van der Waals surface area (Å²) in [4.78, 5) is 16.5. The van der Waals surface area contributed by atoms with Gasteiger partial charge >= 0.3 is 0 Å². The smallest absolute Gasteiger partial charge is 0.236 e. The predicted molar refractivity (Wildman–Crippen MR) is 95.0 cm³/mol. The molecule has 1 amide bonds. The van der Waals surface area contributed by atoms with Gasteiger partial charge in [-0.15, -0.1) is 0 Å². The average molecular weight is 325 g/mol. The third kappa shape index (κ3) is 4.26. The van der Waals surface area contributed by atoms with Gasteiger partial charge in [0.05, 0.1) is 6.54 Å². The number of para-hydroxylation sites is 1. The molecule has 0 unspecified atom stereocenters. The fourth-order valence-electron chi connectivity index (χ4n) is 2.94. The highest BCUT2D eigenvalue weighted by Crippen LogP contribution is 2.15. The van der Waals surface area contributed by atoms with Gasteiger partial charge in [0.1, 0.15) is 5.75 Å². The first-order valence-corrected chi connectivity index (χ1v) is 8.29. The molecule has 0 aromatic heterocycles. The van der Waals surface area contributed by atoms with Crippen LogP contribution >= 0.6 is 0 Å². The number of carbonyl (C=O) groups is 1. The highest BCUT2D eigenvalue weighted by Gasteiger charge is 2.20. The standard InChI is InChI=1S/C19H23N3O2/c23-18-8-4-5-16(13-18)14-20-15-19(24)22-11-9-21(10-12-22)17-6-2-1-3-7-17/h1-8,13,20,23H,9-12,14-15H2. The number of phenolic OH excluding ortho intramolecular Hbond substituents is 1. The number of piperazine rings is 1. The lowest BCUT2D eigenvalue weighted by Crippen LogP contribution is -2.50. The largest absolute Gasteiger partial charge is 0.508 e. The number of hydrogen-bond donors (Lipinski definition) is 2. The Balaban J connectivity index is 1.42. The first-order chi connectivity index (χ1) is 11.7. The van der Waals surface area contributed by atoms with Crippen molar-refractivity contribution in [3.8, 4) is 5.75 Å². The van der Waals surface area contributed by atoms with Crippen LogP contribution in [-0.4, -0.2) is 48.6 Å². The van der Waals surface area contributed by atoms with Crippen LogP contribution in [0, 0.1) is 0 Å². The number of nitrogens with one attached hydrogen (secondary N) is 1. The summed E-state index contributed by atoms with van der Waals surface area (Å²) >= 11 is 0. The minimum Gasteiger partial charge on any atom is -0.508 e. The van der Waals surface area contributed by atoms with Gasteiger partial charge in [-0.05, 0) is 29.8 Å². The Morgan fingerprint density at radius 3 is 2.46 bits per heavy atom. The van der Waals surface area contributed by atoms with E-state index in [2.05, 4.69) is 22.3 Å². The van der Waals surface area contributed by atoms with Gasteiger partial charge in [-0.2, -0.15) is 0 Å². The van der Waals surface area contributed by atoms with Crippen molar-refractivity contribution in [2.75, 3.05) is 37.6 Å². The number of benzene rings is 2. The third-order valence-corrected chi connectivity index (χ3v) is 4.27. The van der Waals surface area contributed by atoms with Crippen LogP contribution in [0.2, 0.25) is 0 Å². The van der Waals surface area contributed by atoms with Crippen LogP contribution in [0.15, 0.2) is 54.6 Å². The van der Waals surface area contributed by atoms with Crippen molar-refractivity contribution in [3.63, 3.8) is 0 Å². The molecular weight excluding hydrogens is 302 g/mol. The number of aromatic hydroxyl groups is 1. The predicted octanol–water partition coefficient (Wildman–Crippen LogP) is 1.83. The van der Waals surface area contributed by atoms with E-state index < -0.39 is 0 Å². The van der Waals surface area contributed by atoms with Crippen LogP contribution in [0.4, 0.5) is 5.69 Å². The first-order valence-electron chi connectivity index (χ1n) is 8.29. The molecule has 1 saturated heterocycles. The Morgan fingerprint density at radius 1 is 1.00 bits per heavy atom. The number of anilines is 1. The summed E-state index contributed by atoms with van der Waals surface area (Å²) in [7, 11) is 0. The topological polar surface area (TPSA) is 55.8 Å². The molecule has 2 aromatic rings. The number of amides is 1. The lowest BCUT2D eigenvalue weighted by molar-refractivity contribution is -0.130. The second-order valence-electron chi connectivity index (χ2n) is 5.98. The van der Waals surface area contributed by atoms with E-state index in [-0.39, 0.29) is 11.7 Å². The van der Waals surface area contributed by atoms with Gasteiger partial charge in [0, 0.05) is 38.4 Å². The fraction of sp³-hybridized carbons (Fsp3) is 0.316. The monoisotopic (exact) mass is 325 g/mol. The molecule has 1 aliphatic rings. The molecule has 0 bridgehead atoms. The van der Waals surface area contributed by atoms with Crippen molar-refractivity contribution in [3.05, 3.63) is 60.2 Å². The molecule has 0 saturated carbocycles. The van der Waals surface area contributed by atoms with E-state index in [1.54, 1.807) is 18.2 Å². The lowest BCUT2D eigenvalue weighted by atomic mass is 10.2. The molecule has 0 spiro atoms. The number of nitrogens with zero attached hydrogens (tertiary/aromatic N) is 2. The van der Waals surface area contributed by atoms with E-state index in [1.807, 2.05) is 29.2 Å². The molecule has 0 radical (unpaired) electrons. The Morgan fingerprint density at radius 2 is 1.75 bits per heavy atom. The number of hydrogen-bond acceptors (Lipinski definition) is 4. The van der Waals surface area contributed by atoms with E-state index in [1.165, 1.54) is 5.69 Å². The minimum absolute atomic E-state index is 0.128. The second-order valence-corrected chi connectivity index (χ2v) is 5.98. The van der Waals surface area contributed by atoms with Crippen molar-refractivity contribution in [2.24, 2.45) is 0 Å². The van der Waals surface area contributed by atoms with Crippen molar-refractivity contribution in [1.29, 1.82) is 0 Å². The molecule has 1 aliphatic heterocycles. The van der Waals surface area contributed by atoms with E-state index in [0.29, 0.717) is 13.1 Å². The second kappa shape index (κ2) is 7.84. The van der Waals surface area contributed by atoms with E-state index in [9.17, 15) is 9.90 Å². The van der Waals surface area contributed by atoms with Gasteiger partial charge in [0.25, 0.3) is 0 Å². The minimum atomic E-state index is 0.128. The highest BCUT2D eigenvalue weighted by molar-refractivity contribution is 5.78. The van der Waals surface area contributed by atoms with Crippen LogP contribution in [0.25, 0.3) is 0 Å². The van der Waals surface area contributed by atoms with Crippen LogP contribution in [0.3, 0.4) is 0 Å². The molecule has 1 heterocycles. The van der Waals surface area contributed by atoms with Gasteiger partial charge < -0.3 is 20.2 Å². The van der Waals surface area contributed by atoms with Crippen LogP contribution in [-0.2, 0) is 11.3 Å². The van der Waals surface area contributed by atoms with Gasteiger partial charge in [-0.25, -0.2) is 0 Å². The molecule has 1 fully saturated rings. The molecule has 3 rings (SSSR count). The quantitative estimate of drug-likeness (QED) is 0.881. The SMILES string of the molecule is O=C(CNCc1cccc(O)c1)N1CCN(c2ccccc2)CC1. The van der Waals surface area contributed by atoms with Crippen molar-refractivity contribution in [1.82, 2.24) is 10.2 Å². The van der Waals surface area contributed by atoms with Gasteiger partial charge in [-0.3, -0.25) is 4.79 Å². The van der Waals surface area contributed by atoms with Crippen LogP contribution in [0.1, 0.15) is 5.56 Å². The summed E-state index contributed by atoms with van der Waals surface area (Å²) in [5, 5.41) is 12.6. The Kier molecular flexibility index (Phi) is 5.33. The molecule has 24 heavy (non-hydrogen) atoms. The van der Waals surface area contributed by atoms with E-state index >= 15 is 0 Å². The Hall–Kier alpha value is -2.53. The zero-order valence-corrected chi connectivity index (χ0v) is 13.7. The Bertz CT molecular complexity index is 667. The third-order valence-electron chi connectivity index (χ3n) is 4.27. The zero-order valence-electron chi connectivity index (χ0n) is 13.7. The summed E-state index contributed by atoms with van der Waals surface area (Å²) in [6.45, 7) is 4.12. The molecule has 0 aliphatic carbocycles. The molecule has 5 heteroatoms. The molecular formula is C19H23N3O2. The van der Waals surface area contributed by atoms with E-state index in [0.717, 1.165) is 31.7 Å². The number of carbonyl (C=O) groups excluding carboxylic acids is 1. The van der Waals surface area contributed by atoms with Crippen molar-refractivity contribution >= 4 is 11.6 Å². The summed E-state index contributed by atoms with van der Waals surface area (Å²) < 4.78 is 0. The van der Waals surface area contributed by atoms with Gasteiger partial charge in [-0.1, -0.05) is 30.3 Å². The summed E-state index contributed by atoms with van der Waals surface area (Å²) in [5.74, 6) is 0.375. The molecule has 5 nitrogen and oxygen atoms in total. The molecule has 0 atom stereocenters. The van der Waals surface area contributed by atoms with Crippen LogP contribution in [0.5, 0.6) is 5.75 Å². The van der Waals surface area contributed by atoms with Gasteiger partial charge in [0.2, 0.25) is 5.91 Å². The lowest BCUT2D eigenvalue weighted by Gasteiger charge is -2.36.